The molecule has 1 rings (SSSR count). The summed E-state index contributed by atoms with van der Waals surface area (Å²) in [5.74, 6) is 0.797. The molecule has 0 atom stereocenters. The lowest BCUT2D eigenvalue weighted by atomic mass is 10.0. The highest BCUT2D eigenvalue weighted by Gasteiger charge is 2.28. The van der Waals surface area contributed by atoms with Crippen LogP contribution in [0.2, 0.25) is 0 Å². The molecule has 166 valence electrons. The molecule has 0 aromatic carbocycles. The van der Waals surface area contributed by atoms with Gasteiger partial charge in [-0.25, -0.2) is 0 Å². The zero-order valence-electron chi connectivity index (χ0n) is 18.2. The Labute approximate surface area is 188 Å². The second kappa shape index (κ2) is 16.2. The Bertz CT molecular complexity index is 441. The second-order valence-corrected chi connectivity index (χ2v) is 7.50. The van der Waals surface area contributed by atoms with Crippen LogP contribution in [0.25, 0.3) is 0 Å². The van der Waals surface area contributed by atoms with E-state index in [9.17, 15) is 4.79 Å². The van der Waals surface area contributed by atoms with Crippen molar-refractivity contribution in [2.75, 3.05) is 52.5 Å². The third-order valence-electron chi connectivity index (χ3n) is 4.74. The third kappa shape index (κ3) is 12.1. The number of hydrogen-bond acceptors (Lipinski definition) is 5. The van der Waals surface area contributed by atoms with Crippen LogP contribution in [-0.4, -0.2) is 74.9 Å². The van der Waals surface area contributed by atoms with E-state index < -0.39 is 0 Å². The van der Waals surface area contributed by atoms with Gasteiger partial charge < -0.3 is 20.1 Å². The maximum Gasteiger partial charge on any atom is 0.305 e. The van der Waals surface area contributed by atoms with Crippen LogP contribution in [0.4, 0.5) is 0 Å². The standard InChI is InChI=1S/C20H40N4O3.HI/c1-5-21-19(22-12-10-8-7-9-11-18(25)27-6-2)23-17-20(3,4)24-13-15-26-16-14-24;/h5-17H2,1-4H3,(H2,21,22,23);1H. The number of unbranched alkanes of at least 4 members (excludes halogenated alkanes) is 3. The molecule has 0 radical (unpaired) electrons. The Morgan fingerprint density at radius 3 is 2.43 bits per heavy atom. The molecule has 0 amide bonds. The minimum absolute atomic E-state index is 0. The van der Waals surface area contributed by atoms with E-state index in [1.807, 2.05) is 6.92 Å². The summed E-state index contributed by atoms with van der Waals surface area (Å²) in [5, 5.41) is 6.74. The molecule has 2 N–H and O–H groups in total. The minimum Gasteiger partial charge on any atom is -0.466 e. The molecule has 8 heteroatoms. The maximum absolute atomic E-state index is 11.3. The summed E-state index contributed by atoms with van der Waals surface area (Å²) in [6, 6.07) is 0. The molecule has 1 heterocycles. The first kappa shape index (κ1) is 27.4. The number of ether oxygens (including phenoxy) is 2. The molecule has 0 unspecified atom stereocenters. The Balaban J connectivity index is 0.00000729. The van der Waals surface area contributed by atoms with Gasteiger partial charge in [0.1, 0.15) is 0 Å². The molecule has 0 bridgehead atoms. The van der Waals surface area contributed by atoms with Gasteiger partial charge in [0.05, 0.1) is 26.4 Å². The predicted molar refractivity (Wildman–Crippen MR) is 126 cm³/mol. The fourth-order valence-corrected chi connectivity index (χ4v) is 3.07. The van der Waals surface area contributed by atoms with Gasteiger partial charge in [-0.3, -0.25) is 14.7 Å². The van der Waals surface area contributed by atoms with Crippen LogP contribution in [0.1, 0.15) is 59.8 Å². The monoisotopic (exact) mass is 512 g/mol. The summed E-state index contributed by atoms with van der Waals surface area (Å²) in [6.45, 7) is 14.9. The molecule has 1 fully saturated rings. The number of halogens is 1. The summed E-state index contributed by atoms with van der Waals surface area (Å²) >= 11 is 0. The van der Waals surface area contributed by atoms with Crippen LogP contribution in [0, 0.1) is 0 Å². The van der Waals surface area contributed by atoms with Crippen LogP contribution >= 0.6 is 24.0 Å². The summed E-state index contributed by atoms with van der Waals surface area (Å²) in [6.07, 6.45) is 4.66. The Hall–Kier alpha value is -0.610. The lowest BCUT2D eigenvalue weighted by molar-refractivity contribution is -0.143. The number of nitrogens with zero attached hydrogens (tertiary/aromatic N) is 2. The smallest absolute Gasteiger partial charge is 0.305 e. The van der Waals surface area contributed by atoms with Gasteiger partial charge in [-0.1, -0.05) is 12.8 Å². The molecule has 0 aliphatic carbocycles. The van der Waals surface area contributed by atoms with E-state index in [1.54, 1.807) is 0 Å². The van der Waals surface area contributed by atoms with Crippen molar-refractivity contribution >= 4 is 35.9 Å². The van der Waals surface area contributed by atoms with Crippen LogP contribution in [0.15, 0.2) is 4.99 Å². The molecular formula is C20H41IN4O3. The SMILES string of the molecule is CCNC(=NCC(C)(C)N1CCOCC1)NCCCCCCC(=O)OCC.I. The van der Waals surface area contributed by atoms with Gasteiger partial charge in [-0.05, 0) is 40.5 Å². The highest BCUT2D eigenvalue weighted by atomic mass is 127. The molecular weight excluding hydrogens is 471 g/mol. The summed E-state index contributed by atoms with van der Waals surface area (Å²) in [4.78, 5) is 18.5. The quantitative estimate of drug-likeness (QED) is 0.138. The highest BCUT2D eigenvalue weighted by molar-refractivity contribution is 14.0. The molecule has 1 aliphatic rings. The van der Waals surface area contributed by atoms with E-state index in [2.05, 4.69) is 36.3 Å². The van der Waals surface area contributed by atoms with Crippen LogP contribution in [0.3, 0.4) is 0 Å². The average molecular weight is 512 g/mol. The first-order valence-corrected chi connectivity index (χ1v) is 10.5. The molecule has 0 aromatic heterocycles. The van der Waals surface area contributed by atoms with Crippen molar-refractivity contribution in [3.63, 3.8) is 0 Å². The van der Waals surface area contributed by atoms with Crippen molar-refractivity contribution in [3.8, 4) is 0 Å². The van der Waals surface area contributed by atoms with Crippen molar-refractivity contribution < 1.29 is 14.3 Å². The molecule has 1 saturated heterocycles. The van der Waals surface area contributed by atoms with E-state index in [4.69, 9.17) is 14.5 Å². The van der Waals surface area contributed by atoms with Crippen LogP contribution in [0.5, 0.6) is 0 Å². The summed E-state index contributed by atoms with van der Waals surface area (Å²) in [5.41, 5.74) is 0.0270. The van der Waals surface area contributed by atoms with Crippen LogP contribution in [-0.2, 0) is 14.3 Å². The number of carbonyl (C=O) groups excluding carboxylic acids is 1. The number of esters is 1. The molecule has 0 aromatic rings. The first-order chi connectivity index (χ1) is 13.0. The zero-order chi connectivity index (χ0) is 20.0. The Morgan fingerprint density at radius 1 is 1.11 bits per heavy atom. The second-order valence-electron chi connectivity index (χ2n) is 7.50. The zero-order valence-corrected chi connectivity index (χ0v) is 20.6. The first-order valence-electron chi connectivity index (χ1n) is 10.5. The number of rotatable bonds is 12. The molecule has 0 saturated carbocycles. The molecule has 7 nitrogen and oxygen atoms in total. The maximum atomic E-state index is 11.3. The molecule has 0 spiro atoms. The van der Waals surface area contributed by atoms with Crippen molar-refractivity contribution in [1.29, 1.82) is 0 Å². The van der Waals surface area contributed by atoms with E-state index in [1.165, 1.54) is 0 Å². The molecule has 1 aliphatic heterocycles. The number of guanidine groups is 1. The largest absolute Gasteiger partial charge is 0.466 e. The molecule has 28 heavy (non-hydrogen) atoms. The highest BCUT2D eigenvalue weighted by Crippen LogP contribution is 2.16. The topological polar surface area (TPSA) is 75.2 Å². The lowest BCUT2D eigenvalue weighted by Crippen LogP contribution is -2.52. The van der Waals surface area contributed by atoms with Crippen molar-refractivity contribution in [2.45, 2.75) is 65.3 Å². The number of nitrogens with one attached hydrogen (secondary N) is 2. The van der Waals surface area contributed by atoms with E-state index in [-0.39, 0.29) is 35.5 Å². The Kier molecular flexibility index (Phi) is 15.9. The fraction of sp³-hybridized carbons (Fsp3) is 0.900. The normalized spacial score (nSPS) is 15.6. The van der Waals surface area contributed by atoms with Crippen molar-refractivity contribution in [1.82, 2.24) is 15.5 Å². The van der Waals surface area contributed by atoms with Gasteiger partial charge in [-0.15, -0.1) is 24.0 Å². The average Bonchev–Trinajstić information content (AvgIpc) is 2.66. The van der Waals surface area contributed by atoms with E-state index in [0.717, 1.165) is 77.6 Å². The van der Waals surface area contributed by atoms with Gasteiger partial charge in [0, 0.05) is 38.1 Å². The third-order valence-corrected chi connectivity index (χ3v) is 4.74. The lowest BCUT2D eigenvalue weighted by Gasteiger charge is -2.39. The van der Waals surface area contributed by atoms with E-state index >= 15 is 0 Å². The van der Waals surface area contributed by atoms with Gasteiger partial charge in [0.25, 0.3) is 0 Å². The van der Waals surface area contributed by atoms with Crippen molar-refractivity contribution in [2.24, 2.45) is 4.99 Å². The Morgan fingerprint density at radius 2 is 1.79 bits per heavy atom. The fourth-order valence-electron chi connectivity index (χ4n) is 3.07. The minimum atomic E-state index is -0.0833. The summed E-state index contributed by atoms with van der Waals surface area (Å²) in [7, 11) is 0. The number of carbonyl (C=O) groups is 1. The van der Waals surface area contributed by atoms with Crippen molar-refractivity contribution in [3.05, 3.63) is 0 Å². The van der Waals surface area contributed by atoms with Gasteiger partial charge in [0.2, 0.25) is 0 Å². The van der Waals surface area contributed by atoms with Gasteiger partial charge >= 0.3 is 5.97 Å². The predicted octanol–water partition coefficient (Wildman–Crippen LogP) is 2.78. The summed E-state index contributed by atoms with van der Waals surface area (Å²) < 4.78 is 10.4. The van der Waals surface area contributed by atoms with Gasteiger partial charge in [-0.2, -0.15) is 0 Å². The van der Waals surface area contributed by atoms with E-state index in [0.29, 0.717) is 13.0 Å². The van der Waals surface area contributed by atoms with Gasteiger partial charge in [0.15, 0.2) is 5.96 Å². The number of morpholine rings is 1. The number of hydrogen-bond donors (Lipinski definition) is 2. The van der Waals surface area contributed by atoms with Crippen LogP contribution < -0.4 is 10.6 Å². The number of aliphatic imine (C=N–C) groups is 1.